The number of halogens is 1. The van der Waals surface area contributed by atoms with Crippen LogP contribution in [-0.2, 0) is 11.3 Å². The first-order chi connectivity index (χ1) is 10.6. The minimum atomic E-state index is -0.665. The second kappa shape index (κ2) is 6.28. The Morgan fingerprint density at radius 1 is 1.09 bits per heavy atom. The van der Waals surface area contributed by atoms with Crippen molar-refractivity contribution in [1.29, 1.82) is 0 Å². The van der Waals surface area contributed by atoms with E-state index in [9.17, 15) is 4.79 Å². The lowest BCUT2D eigenvalue weighted by Crippen LogP contribution is -2.48. The van der Waals surface area contributed by atoms with Gasteiger partial charge in [0, 0.05) is 11.6 Å². The lowest BCUT2D eigenvalue weighted by molar-refractivity contribution is -0.133. The molecule has 0 saturated carbocycles. The van der Waals surface area contributed by atoms with Gasteiger partial charge >= 0.3 is 0 Å². The monoisotopic (exact) mass is 317 g/mol. The summed E-state index contributed by atoms with van der Waals surface area (Å²) in [6, 6.07) is 14.7. The summed E-state index contributed by atoms with van der Waals surface area (Å²) in [4.78, 5) is 12.3. The third kappa shape index (κ3) is 3.17. The SMILES string of the molecule is C[C@@H]1Oc2ccccc2O[C@@H]1C(=O)NCc1ccc(Cl)cc1. The molecule has 1 aliphatic rings. The van der Waals surface area contributed by atoms with Gasteiger partial charge in [0.25, 0.3) is 5.91 Å². The van der Waals surface area contributed by atoms with Crippen molar-refractivity contribution in [2.75, 3.05) is 0 Å². The minimum absolute atomic E-state index is 0.197. The first-order valence-electron chi connectivity index (χ1n) is 7.08. The zero-order valence-electron chi connectivity index (χ0n) is 12.1. The van der Waals surface area contributed by atoms with Gasteiger partial charge in [-0.15, -0.1) is 0 Å². The molecule has 1 amide bonds. The molecule has 1 N–H and O–H groups in total. The van der Waals surface area contributed by atoms with E-state index in [0.29, 0.717) is 23.1 Å². The highest BCUT2D eigenvalue weighted by atomic mass is 35.5. The second-order valence-corrected chi connectivity index (χ2v) is 5.59. The van der Waals surface area contributed by atoms with Gasteiger partial charge in [-0.1, -0.05) is 35.9 Å². The van der Waals surface area contributed by atoms with E-state index in [2.05, 4.69) is 5.32 Å². The summed E-state index contributed by atoms with van der Waals surface area (Å²) in [6.07, 6.45) is -1.01. The first-order valence-corrected chi connectivity index (χ1v) is 7.46. The van der Waals surface area contributed by atoms with Crippen LogP contribution in [0.4, 0.5) is 0 Å². The Balaban J connectivity index is 1.64. The van der Waals surface area contributed by atoms with Crippen LogP contribution in [0.3, 0.4) is 0 Å². The molecular weight excluding hydrogens is 302 g/mol. The Bertz CT molecular complexity index is 672. The number of amides is 1. The highest BCUT2D eigenvalue weighted by Crippen LogP contribution is 2.33. The van der Waals surface area contributed by atoms with Crippen LogP contribution in [0, 0.1) is 0 Å². The fraction of sp³-hybridized carbons (Fsp3) is 0.235. The number of nitrogens with one attached hydrogen (secondary N) is 1. The molecule has 0 spiro atoms. The molecule has 3 rings (SSSR count). The average Bonchev–Trinajstić information content (AvgIpc) is 2.53. The van der Waals surface area contributed by atoms with Gasteiger partial charge in [0.15, 0.2) is 11.5 Å². The molecule has 0 aromatic heterocycles. The van der Waals surface area contributed by atoms with E-state index in [0.717, 1.165) is 5.56 Å². The molecule has 1 aliphatic heterocycles. The molecule has 0 bridgehead atoms. The molecular formula is C17H16ClNO3. The van der Waals surface area contributed by atoms with E-state index < -0.39 is 6.10 Å². The Morgan fingerprint density at radius 3 is 2.41 bits per heavy atom. The van der Waals surface area contributed by atoms with Crippen LogP contribution in [0.25, 0.3) is 0 Å². The van der Waals surface area contributed by atoms with Crippen molar-refractivity contribution in [1.82, 2.24) is 5.32 Å². The van der Waals surface area contributed by atoms with Crippen LogP contribution in [-0.4, -0.2) is 18.1 Å². The average molecular weight is 318 g/mol. The quantitative estimate of drug-likeness (QED) is 0.945. The van der Waals surface area contributed by atoms with Gasteiger partial charge in [-0.05, 0) is 36.8 Å². The lowest BCUT2D eigenvalue weighted by atomic mass is 10.1. The van der Waals surface area contributed by atoms with Crippen molar-refractivity contribution in [3.8, 4) is 11.5 Å². The van der Waals surface area contributed by atoms with Gasteiger partial charge < -0.3 is 14.8 Å². The van der Waals surface area contributed by atoms with Crippen molar-refractivity contribution in [3.05, 3.63) is 59.1 Å². The Kier molecular flexibility index (Phi) is 4.20. The van der Waals surface area contributed by atoms with Gasteiger partial charge in [0.05, 0.1) is 0 Å². The van der Waals surface area contributed by atoms with Gasteiger partial charge in [-0.3, -0.25) is 4.79 Å². The number of benzene rings is 2. The van der Waals surface area contributed by atoms with Gasteiger partial charge in [-0.25, -0.2) is 0 Å². The van der Waals surface area contributed by atoms with Gasteiger partial charge in [0.1, 0.15) is 6.10 Å². The van der Waals surface area contributed by atoms with Crippen LogP contribution in [0.5, 0.6) is 11.5 Å². The highest BCUT2D eigenvalue weighted by molar-refractivity contribution is 6.30. The standard InChI is InChI=1S/C17H16ClNO3/c1-11-16(22-15-5-3-2-4-14(15)21-11)17(20)19-10-12-6-8-13(18)9-7-12/h2-9,11,16H,10H2,1H3,(H,19,20)/t11-,16-/m0/s1. The zero-order valence-corrected chi connectivity index (χ0v) is 12.8. The van der Waals surface area contributed by atoms with Crippen molar-refractivity contribution in [3.63, 3.8) is 0 Å². The maximum absolute atomic E-state index is 12.3. The van der Waals surface area contributed by atoms with Crippen molar-refractivity contribution in [2.24, 2.45) is 0 Å². The van der Waals surface area contributed by atoms with E-state index in [1.54, 1.807) is 18.2 Å². The molecule has 22 heavy (non-hydrogen) atoms. The maximum Gasteiger partial charge on any atom is 0.265 e. The maximum atomic E-state index is 12.3. The molecule has 4 nitrogen and oxygen atoms in total. The number of hydrogen-bond acceptors (Lipinski definition) is 3. The summed E-state index contributed by atoms with van der Waals surface area (Å²) in [5.74, 6) is 1.06. The molecule has 5 heteroatoms. The normalized spacial score (nSPS) is 19.5. The van der Waals surface area contributed by atoms with Gasteiger partial charge in [-0.2, -0.15) is 0 Å². The smallest absolute Gasteiger partial charge is 0.265 e. The van der Waals surface area contributed by atoms with E-state index in [-0.39, 0.29) is 12.0 Å². The first kappa shape index (κ1) is 14.7. The van der Waals surface area contributed by atoms with E-state index in [1.807, 2.05) is 37.3 Å². The molecule has 0 radical (unpaired) electrons. The number of ether oxygens (including phenoxy) is 2. The summed E-state index contributed by atoms with van der Waals surface area (Å²) >= 11 is 5.84. The molecule has 2 aromatic rings. The van der Waals surface area contributed by atoms with Crippen LogP contribution in [0.2, 0.25) is 5.02 Å². The minimum Gasteiger partial charge on any atom is -0.482 e. The Morgan fingerprint density at radius 2 is 1.73 bits per heavy atom. The van der Waals surface area contributed by atoms with E-state index in [1.165, 1.54) is 0 Å². The molecule has 0 aliphatic carbocycles. The molecule has 0 saturated heterocycles. The fourth-order valence-electron chi connectivity index (χ4n) is 2.30. The van der Waals surface area contributed by atoms with Crippen LogP contribution < -0.4 is 14.8 Å². The summed E-state index contributed by atoms with van der Waals surface area (Å²) in [7, 11) is 0. The Hall–Kier alpha value is -2.20. The van der Waals surface area contributed by atoms with Crippen molar-refractivity contribution >= 4 is 17.5 Å². The number of fused-ring (bicyclic) bond motifs is 1. The lowest BCUT2D eigenvalue weighted by Gasteiger charge is -2.31. The molecule has 114 valence electrons. The predicted molar refractivity (Wildman–Crippen MR) is 84.2 cm³/mol. The topological polar surface area (TPSA) is 47.6 Å². The molecule has 0 unspecified atom stereocenters. The summed E-state index contributed by atoms with van der Waals surface area (Å²) < 4.78 is 11.5. The number of hydrogen-bond donors (Lipinski definition) is 1. The van der Waals surface area contributed by atoms with E-state index in [4.69, 9.17) is 21.1 Å². The Labute approximate surface area is 134 Å². The zero-order chi connectivity index (χ0) is 15.5. The molecule has 1 heterocycles. The predicted octanol–water partition coefficient (Wildman–Crippen LogP) is 3.18. The fourth-order valence-corrected chi connectivity index (χ4v) is 2.42. The van der Waals surface area contributed by atoms with E-state index >= 15 is 0 Å². The van der Waals surface area contributed by atoms with Crippen molar-refractivity contribution < 1.29 is 14.3 Å². The third-order valence-electron chi connectivity index (χ3n) is 3.48. The van der Waals surface area contributed by atoms with Crippen molar-refractivity contribution in [2.45, 2.75) is 25.7 Å². The summed E-state index contributed by atoms with van der Waals surface area (Å²) in [5, 5.41) is 3.53. The van der Waals surface area contributed by atoms with Crippen LogP contribution in [0.1, 0.15) is 12.5 Å². The van der Waals surface area contributed by atoms with Crippen LogP contribution in [0.15, 0.2) is 48.5 Å². The molecule has 0 fully saturated rings. The number of para-hydroxylation sites is 2. The number of rotatable bonds is 3. The van der Waals surface area contributed by atoms with Gasteiger partial charge in [0.2, 0.25) is 6.10 Å². The number of carbonyl (C=O) groups is 1. The largest absolute Gasteiger partial charge is 0.482 e. The molecule has 2 aromatic carbocycles. The third-order valence-corrected chi connectivity index (χ3v) is 3.73. The number of carbonyl (C=O) groups excluding carboxylic acids is 1. The summed E-state index contributed by atoms with van der Waals surface area (Å²) in [5.41, 5.74) is 0.975. The van der Waals surface area contributed by atoms with Crippen LogP contribution >= 0.6 is 11.6 Å². The summed E-state index contributed by atoms with van der Waals surface area (Å²) in [6.45, 7) is 2.24. The highest BCUT2D eigenvalue weighted by Gasteiger charge is 2.33. The molecule has 2 atom stereocenters. The second-order valence-electron chi connectivity index (χ2n) is 5.15.